The van der Waals surface area contributed by atoms with Crippen molar-refractivity contribution in [1.82, 2.24) is 4.98 Å². The Morgan fingerprint density at radius 1 is 0.394 bits per heavy atom. The molecule has 0 saturated heterocycles. The van der Waals surface area contributed by atoms with Crippen LogP contribution in [0.1, 0.15) is 74.9 Å². The van der Waals surface area contributed by atoms with Gasteiger partial charge in [0.1, 0.15) is 22.3 Å². The second-order valence-corrected chi connectivity index (χ2v) is 20.2. The largest absolute Gasteiger partial charge is 0.455 e. The highest BCUT2D eigenvalue weighted by atomic mass is 16.3. The Labute approximate surface area is 383 Å². The van der Waals surface area contributed by atoms with Crippen molar-refractivity contribution in [3.05, 3.63) is 203 Å². The fourth-order valence-electron chi connectivity index (χ4n) is 12.7. The average molecular weight is 851 g/mol. The zero-order valence-electron chi connectivity index (χ0n) is 37.9. The maximum Gasteiger partial charge on any atom is 0.144 e. The van der Waals surface area contributed by atoms with Crippen molar-refractivity contribution in [2.45, 2.75) is 57.8 Å². The van der Waals surface area contributed by atoms with E-state index in [1.54, 1.807) is 0 Å². The number of nitrogens with zero attached hydrogens (tertiary/aromatic N) is 2. The fourth-order valence-corrected chi connectivity index (χ4v) is 12.7. The Kier molecular flexibility index (Phi) is 7.28. The van der Waals surface area contributed by atoms with Crippen LogP contribution in [0.25, 0.3) is 88.4 Å². The van der Waals surface area contributed by atoms with E-state index >= 15 is 0 Å². The molecule has 4 nitrogen and oxygen atoms in total. The van der Waals surface area contributed by atoms with Crippen molar-refractivity contribution in [3.8, 4) is 44.5 Å². The van der Waals surface area contributed by atoms with Gasteiger partial charge in [0.15, 0.2) is 0 Å². The molecule has 0 fully saturated rings. The van der Waals surface area contributed by atoms with Gasteiger partial charge in [0, 0.05) is 78.4 Å². The molecule has 0 unspecified atom stereocenters. The standard InChI is InChI=1S/C62H46N2O2/c1-60(2)46-32-37(24-26-40(46)51-48(60)34-44(35-16-8-7-9-17-35)58-53(51)42-19-11-14-22-49(42)65-58)64(36-28-30-63-31-29-36)38-25-27-41-47(33-38)62(5,6)56-52(41)54-43-20-12-15-23-50(43)66-59(54)55-39-18-10-13-21-45(39)61(3,4)57(55)56/h7-34H,1-6H3. The molecule has 11 aromatic rings. The first-order valence-electron chi connectivity index (χ1n) is 23.2. The number of rotatable bonds is 4. The summed E-state index contributed by atoms with van der Waals surface area (Å²) < 4.78 is 13.7. The fraction of sp³-hybridized carbons (Fsp3) is 0.145. The zero-order chi connectivity index (χ0) is 44.4. The van der Waals surface area contributed by atoms with Crippen molar-refractivity contribution in [2.75, 3.05) is 4.90 Å². The lowest BCUT2D eigenvalue weighted by molar-refractivity contribution is 0.600. The van der Waals surface area contributed by atoms with Gasteiger partial charge in [-0.2, -0.15) is 0 Å². The summed E-state index contributed by atoms with van der Waals surface area (Å²) in [7, 11) is 0. The van der Waals surface area contributed by atoms with Gasteiger partial charge in [-0.15, -0.1) is 0 Å². The zero-order valence-corrected chi connectivity index (χ0v) is 37.9. The molecule has 0 N–H and O–H groups in total. The number of furan rings is 2. The number of anilines is 3. The number of hydrogen-bond acceptors (Lipinski definition) is 4. The molecule has 3 heterocycles. The van der Waals surface area contributed by atoms with Crippen molar-refractivity contribution < 1.29 is 8.83 Å². The summed E-state index contributed by atoms with van der Waals surface area (Å²) in [5.41, 5.74) is 24.2. The molecular formula is C62H46N2O2. The predicted molar refractivity (Wildman–Crippen MR) is 272 cm³/mol. The minimum absolute atomic E-state index is 0.223. The summed E-state index contributed by atoms with van der Waals surface area (Å²) in [6.45, 7) is 14.4. The maximum atomic E-state index is 6.96. The second-order valence-electron chi connectivity index (χ2n) is 20.2. The molecule has 8 aromatic carbocycles. The van der Waals surface area contributed by atoms with E-state index in [1.807, 2.05) is 12.4 Å². The molecule has 4 heteroatoms. The molecule has 316 valence electrons. The van der Waals surface area contributed by atoms with Crippen LogP contribution in [-0.4, -0.2) is 4.98 Å². The highest BCUT2D eigenvalue weighted by molar-refractivity contribution is 6.21. The van der Waals surface area contributed by atoms with Crippen molar-refractivity contribution in [1.29, 1.82) is 0 Å². The first-order valence-corrected chi connectivity index (χ1v) is 23.2. The molecule has 3 aliphatic carbocycles. The topological polar surface area (TPSA) is 42.4 Å². The number of pyridine rings is 1. The van der Waals surface area contributed by atoms with Crippen LogP contribution in [0.5, 0.6) is 0 Å². The minimum atomic E-state index is -0.322. The Morgan fingerprint density at radius 2 is 0.924 bits per heavy atom. The molecule has 0 radical (unpaired) electrons. The van der Waals surface area contributed by atoms with Gasteiger partial charge in [0.25, 0.3) is 0 Å². The van der Waals surface area contributed by atoms with Crippen molar-refractivity contribution in [3.63, 3.8) is 0 Å². The summed E-state index contributed by atoms with van der Waals surface area (Å²) in [6.07, 6.45) is 3.80. The van der Waals surface area contributed by atoms with E-state index in [0.717, 1.165) is 55.9 Å². The lowest BCUT2D eigenvalue weighted by Crippen LogP contribution is -2.24. The van der Waals surface area contributed by atoms with E-state index in [4.69, 9.17) is 8.83 Å². The lowest BCUT2D eigenvalue weighted by atomic mass is 9.72. The Hall–Kier alpha value is -7.69. The molecular weight excluding hydrogens is 805 g/mol. The van der Waals surface area contributed by atoms with Gasteiger partial charge in [-0.1, -0.05) is 145 Å². The van der Waals surface area contributed by atoms with Gasteiger partial charge in [-0.25, -0.2) is 0 Å². The molecule has 66 heavy (non-hydrogen) atoms. The third-order valence-corrected chi connectivity index (χ3v) is 15.7. The van der Waals surface area contributed by atoms with Crippen molar-refractivity contribution >= 4 is 60.9 Å². The smallest absolute Gasteiger partial charge is 0.144 e. The Balaban J connectivity index is 0.984. The molecule has 14 rings (SSSR count). The molecule has 0 aliphatic heterocycles. The second kappa shape index (κ2) is 12.8. The molecule has 0 bridgehead atoms. The van der Waals surface area contributed by atoms with E-state index in [0.29, 0.717) is 0 Å². The quantitative estimate of drug-likeness (QED) is 0.177. The third kappa shape index (κ3) is 4.71. The Morgan fingerprint density at radius 3 is 1.62 bits per heavy atom. The lowest BCUT2D eigenvalue weighted by Gasteiger charge is -2.32. The first-order chi connectivity index (χ1) is 32.0. The van der Waals surface area contributed by atoms with Crippen LogP contribution in [-0.2, 0) is 16.2 Å². The number of fused-ring (bicyclic) bond motifs is 19. The van der Waals surface area contributed by atoms with Crippen LogP contribution < -0.4 is 4.90 Å². The van der Waals surface area contributed by atoms with E-state index in [9.17, 15) is 0 Å². The number of para-hydroxylation sites is 2. The summed E-state index contributed by atoms with van der Waals surface area (Å²) in [4.78, 5) is 6.90. The van der Waals surface area contributed by atoms with Crippen molar-refractivity contribution in [2.24, 2.45) is 0 Å². The highest BCUT2D eigenvalue weighted by Gasteiger charge is 2.49. The first kappa shape index (κ1) is 37.7. The molecule has 3 aromatic heterocycles. The van der Waals surface area contributed by atoms with Gasteiger partial charge in [0.2, 0.25) is 0 Å². The van der Waals surface area contributed by atoms with E-state index in [-0.39, 0.29) is 16.2 Å². The summed E-state index contributed by atoms with van der Waals surface area (Å²) in [5.74, 6) is 0. The van der Waals surface area contributed by atoms with Gasteiger partial charge in [-0.3, -0.25) is 4.98 Å². The van der Waals surface area contributed by atoms with Gasteiger partial charge >= 0.3 is 0 Å². The minimum Gasteiger partial charge on any atom is -0.455 e. The van der Waals surface area contributed by atoms with Crippen LogP contribution in [0, 0.1) is 0 Å². The van der Waals surface area contributed by atoms with Gasteiger partial charge in [-0.05, 0) is 121 Å². The average Bonchev–Trinajstić information content (AvgIpc) is 4.09. The normalized spacial score (nSPS) is 15.5. The number of hydrogen-bond donors (Lipinski definition) is 0. The van der Waals surface area contributed by atoms with Gasteiger partial charge < -0.3 is 13.7 Å². The third-order valence-electron chi connectivity index (χ3n) is 15.7. The van der Waals surface area contributed by atoms with Crippen LogP contribution in [0.4, 0.5) is 17.1 Å². The molecule has 0 saturated carbocycles. The predicted octanol–water partition coefficient (Wildman–Crippen LogP) is 16.9. The number of benzene rings is 8. The molecule has 0 amide bonds. The number of aromatic nitrogens is 1. The Bertz CT molecular complexity index is 3900. The van der Waals surface area contributed by atoms with E-state index < -0.39 is 0 Å². The van der Waals surface area contributed by atoms with Gasteiger partial charge in [0.05, 0.1) is 0 Å². The summed E-state index contributed by atoms with van der Waals surface area (Å²) >= 11 is 0. The van der Waals surface area contributed by atoms with E-state index in [1.165, 1.54) is 82.9 Å². The maximum absolute atomic E-state index is 6.96. The van der Waals surface area contributed by atoms with E-state index in [2.05, 4.69) is 209 Å². The van der Waals surface area contributed by atoms with Crippen LogP contribution in [0.15, 0.2) is 179 Å². The van der Waals surface area contributed by atoms with Crippen LogP contribution >= 0.6 is 0 Å². The summed E-state index contributed by atoms with van der Waals surface area (Å²) in [6, 6.07) is 57.7. The summed E-state index contributed by atoms with van der Waals surface area (Å²) in [5, 5.41) is 4.71. The SMILES string of the molecule is CC1(C)c2cc(N(c3ccncc3)c3ccc4c(c3)C(C)(C)c3c5c(c6oc7ccccc7c6c3-4)-c3ccccc3C5(C)C)ccc2-c2c1cc(-c1ccccc1)c1oc3ccccc3c21. The van der Waals surface area contributed by atoms with Crippen LogP contribution in [0.3, 0.4) is 0 Å². The molecule has 0 atom stereocenters. The highest BCUT2D eigenvalue weighted by Crippen LogP contribution is 2.64. The monoisotopic (exact) mass is 850 g/mol. The molecule has 0 spiro atoms. The van der Waals surface area contributed by atoms with Crippen LogP contribution in [0.2, 0.25) is 0 Å². The molecule has 3 aliphatic rings.